The normalized spacial score (nSPS) is 17.7. The number of piperidine rings is 1. The molecule has 4 heterocycles. The van der Waals surface area contributed by atoms with Gasteiger partial charge in [-0.15, -0.1) is 0 Å². The molecule has 1 amide bonds. The van der Waals surface area contributed by atoms with E-state index in [1.165, 1.54) is 0 Å². The van der Waals surface area contributed by atoms with E-state index in [-0.39, 0.29) is 11.8 Å². The molecule has 0 saturated carbocycles. The van der Waals surface area contributed by atoms with E-state index in [2.05, 4.69) is 20.4 Å². The zero-order valence-electron chi connectivity index (χ0n) is 15.0. The lowest BCUT2D eigenvalue weighted by molar-refractivity contribution is -0.127. The zero-order valence-corrected chi connectivity index (χ0v) is 15.0. The van der Waals surface area contributed by atoms with Gasteiger partial charge in [0, 0.05) is 30.6 Å². The summed E-state index contributed by atoms with van der Waals surface area (Å²) in [6, 6.07) is 9.46. The van der Waals surface area contributed by atoms with Gasteiger partial charge in [0.25, 0.3) is 0 Å². The van der Waals surface area contributed by atoms with Crippen molar-refractivity contribution in [2.75, 3.05) is 13.1 Å². The number of rotatable bonds is 6. The molecule has 1 N–H and O–H groups in total. The van der Waals surface area contributed by atoms with E-state index in [0.29, 0.717) is 12.3 Å². The van der Waals surface area contributed by atoms with Crippen molar-refractivity contribution in [3.8, 4) is 11.3 Å². The number of nitrogens with zero attached hydrogens (tertiary/aromatic N) is 3. The highest BCUT2D eigenvalue weighted by atomic mass is 16.5. The molecule has 3 aromatic heterocycles. The quantitative estimate of drug-likeness (QED) is 0.722. The van der Waals surface area contributed by atoms with Crippen LogP contribution in [0.25, 0.3) is 11.3 Å². The molecule has 1 saturated heterocycles. The molecule has 7 heteroatoms. The Labute approximate surface area is 157 Å². The maximum atomic E-state index is 12.6. The fourth-order valence-corrected chi connectivity index (χ4v) is 3.40. The predicted molar refractivity (Wildman–Crippen MR) is 98.3 cm³/mol. The molecule has 0 radical (unpaired) electrons. The zero-order chi connectivity index (χ0) is 18.5. The summed E-state index contributed by atoms with van der Waals surface area (Å²) in [5, 5.41) is 7.02. The van der Waals surface area contributed by atoms with Gasteiger partial charge < -0.3 is 14.3 Å². The van der Waals surface area contributed by atoms with Crippen molar-refractivity contribution in [3.63, 3.8) is 0 Å². The number of hydrogen-bond acceptors (Lipinski definition) is 6. The van der Waals surface area contributed by atoms with Gasteiger partial charge in [0.1, 0.15) is 11.5 Å². The van der Waals surface area contributed by atoms with Crippen molar-refractivity contribution in [2.45, 2.75) is 25.9 Å². The smallest absolute Gasteiger partial charge is 0.224 e. The average Bonchev–Trinajstić information content (AvgIpc) is 3.39. The minimum absolute atomic E-state index is 0.0190. The van der Waals surface area contributed by atoms with Crippen molar-refractivity contribution in [1.82, 2.24) is 20.4 Å². The SMILES string of the molecule is O=C(NCc1cc(-c2cccnc2)no1)[C@@H]1CCCN(Cc2ccco2)C1. The van der Waals surface area contributed by atoms with E-state index in [0.717, 1.165) is 49.5 Å². The number of amides is 1. The number of nitrogens with one attached hydrogen (secondary N) is 1. The number of pyridine rings is 1. The summed E-state index contributed by atoms with van der Waals surface area (Å²) in [4.78, 5) is 18.9. The molecule has 4 rings (SSSR count). The Balaban J connectivity index is 1.29. The summed E-state index contributed by atoms with van der Waals surface area (Å²) in [5.41, 5.74) is 1.61. The van der Waals surface area contributed by atoms with Gasteiger partial charge in [-0.1, -0.05) is 5.16 Å². The lowest BCUT2D eigenvalue weighted by atomic mass is 9.97. The number of carbonyl (C=O) groups is 1. The first-order valence-corrected chi connectivity index (χ1v) is 9.16. The van der Waals surface area contributed by atoms with Crippen molar-refractivity contribution >= 4 is 5.91 Å². The maximum absolute atomic E-state index is 12.6. The second-order valence-corrected chi connectivity index (χ2v) is 6.79. The number of carbonyl (C=O) groups excluding carboxylic acids is 1. The van der Waals surface area contributed by atoms with E-state index < -0.39 is 0 Å². The number of likely N-dealkylation sites (tertiary alicyclic amines) is 1. The first-order valence-electron chi connectivity index (χ1n) is 9.16. The summed E-state index contributed by atoms with van der Waals surface area (Å²) in [6.07, 6.45) is 7.03. The molecule has 7 nitrogen and oxygen atoms in total. The van der Waals surface area contributed by atoms with Crippen molar-refractivity contribution in [2.24, 2.45) is 5.92 Å². The highest BCUT2D eigenvalue weighted by Gasteiger charge is 2.26. The minimum Gasteiger partial charge on any atom is -0.468 e. The number of aromatic nitrogens is 2. The summed E-state index contributed by atoms with van der Waals surface area (Å²) in [6.45, 7) is 2.80. The highest BCUT2D eigenvalue weighted by Crippen LogP contribution is 2.20. The van der Waals surface area contributed by atoms with Crippen LogP contribution in [0.3, 0.4) is 0 Å². The number of furan rings is 1. The van der Waals surface area contributed by atoms with Gasteiger partial charge in [-0.3, -0.25) is 14.7 Å². The topological polar surface area (TPSA) is 84.4 Å². The molecular formula is C20H22N4O3. The molecule has 3 aromatic rings. The van der Waals surface area contributed by atoms with Crippen LogP contribution in [0, 0.1) is 5.92 Å². The van der Waals surface area contributed by atoms with E-state index in [1.54, 1.807) is 18.7 Å². The molecule has 0 aliphatic carbocycles. The van der Waals surface area contributed by atoms with E-state index in [9.17, 15) is 4.79 Å². The first kappa shape index (κ1) is 17.5. The second-order valence-electron chi connectivity index (χ2n) is 6.79. The lowest BCUT2D eigenvalue weighted by Gasteiger charge is -2.31. The van der Waals surface area contributed by atoms with E-state index in [1.807, 2.05) is 30.3 Å². The largest absolute Gasteiger partial charge is 0.468 e. The molecule has 0 spiro atoms. The van der Waals surface area contributed by atoms with Crippen molar-refractivity contribution in [1.29, 1.82) is 0 Å². The summed E-state index contributed by atoms with van der Waals surface area (Å²) < 4.78 is 10.7. The second kappa shape index (κ2) is 8.18. The fraction of sp³-hybridized carbons (Fsp3) is 0.350. The molecule has 1 atom stereocenters. The van der Waals surface area contributed by atoms with Gasteiger partial charge in [0.15, 0.2) is 5.76 Å². The third-order valence-corrected chi connectivity index (χ3v) is 4.79. The third-order valence-electron chi connectivity index (χ3n) is 4.79. The fourth-order valence-electron chi connectivity index (χ4n) is 3.40. The van der Waals surface area contributed by atoms with Gasteiger partial charge in [-0.25, -0.2) is 0 Å². The standard InChI is InChI=1S/C20H22N4O3/c25-20(16-5-2-8-24(13-16)14-17-6-3-9-26-17)22-12-18-10-19(23-27-18)15-4-1-7-21-11-15/h1,3-4,6-7,9-11,16H,2,5,8,12-14H2,(H,22,25)/t16-/m1/s1. The Morgan fingerprint density at radius 1 is 1.30 bits per heavy atom. The Hall–Kier alpha value is -2.93. The van der Waals surface area contributed by atoms with Crippen molar-refractivity contribution in [3.05, 3.63) is 60.5 Å². The van der Waals surface area contributed by atoms with Crippen LogP contribution in [-0.2, 0) is 17.9 Å². The molecule has 1 aliphatic rings. The monoisotopic (exact) mass is 366 g/mol. The Bertz CT molecular complexity index is 861. The van der Waals surface area contributed by atoms with Crippen LogP contribution in [0.5, 0.6) is 0 Å². The van der Waals surface area contributed by atoms with Crippen LogP contribution >= 0.6 is 0 Å². The van der Waals surface area contributed by atoms with Crippen molar-refractivity contribution < 1.29 is 13.7 Å². The molecule has 0 unspecified atom stereocenters. The lowest BCUT2D eigenvalue weighted by Crippen LogP contribution is -2.42. The van der Waals surface area contributed by atoms with Crippen LogP contribution in [0.15, 0.2) is 57.9 Å². The van der Waals surface area contributed by atoms with Crippen LogP contribution in [0.2, 0.25) is 0 Å². The summed E-state index contributed by atoms with van der Waals surface area (Å²) >= 11 is 0. The van der Waals surface area contributed by atoms with Crippen LogP contribution in [0.4, 0.5) is 0 Å². The van der Waals surface area contributed by atoms with E-state index in [4.69, 9.17) is 8.94 Å². The molecule has 0 bridgehead atoms. The van der Waals surface area contributed by atoms with Crippen LogP contribution in [0.1, 0.15) is 24.4 Å². The Kier molecular flexibility index (Phi) is 5.29. The van der Waals surface area contributed by atoms with Gasteiger partial charge in [-0.2, -0.15) is 0 Å². The molecule has 1 aliphatic heterocycles. The van der Waals surface area contributed by atoms with E-state index >= 15 is 0 Å². The Morgan fingerprint density at radius 2 is 2.26 bits per heavy atom. The van der Waals surface area contributed by atoms with Gasteiger partial charge >= 0.3 is 0 Å². The maximum Gasteiger partial charge on any atom is 0.224 e. The van der Waals surface area contributed by atoms with Crippen LogP contribution < -0.4 is 5.32 Å². The third kappa shape index (κ3) is 4.43. The highest BCUT2D eigenvalue weighted by molar-refractivity contribution is 5.78. The molecule has 140 valence electrons. The first-order chi connectivity index (χ1) is 13.3. The minimum atomic E-state index is -0.0190. The van der Waals surface area contributed by atoms with Gasteiger partial charge in [0.05, 0.1) is 25.3 Å². The molecule has 0 aromatic carbocycles. The Morgan fingerprint density at radius 3 is 3.07 bits per heavy atom. The predicted octanol–water partition coefficient (Wildman–Crippen LogP) is 2.86. The van der Waals surface area contributed by atoms with Crippen LogP contribution in [-0.4, -0.2) is 34.0 Å². The molecular weight excluding hydrogens is 344 g/mol. The van der Waals surface area contributed by atoms with Gasteiger partial charge in [0.2, 0.25) is 5.91 Å². The summed E-state index contributed by atoms with van der Waals surface area (Å²) in [7, 11) is 0. The molecule has 1 fully saturated rings. The molecule has 27 heavy (non-hydrogen) atoms. The number of hydrogen-bond donors (Lipinski definition) is 1. The average molecular weight is 366 g/mol. The van der Waals surface area contributed by atoms with Gasteiger partial charge in [-0.05, 0) is 43.7 Å². The summed E-state index contributed by atoms with van der Waals surface area (Å²) in [5.74, 6) is 1.60.